The van der Waals surface area contributed by atoms with Crippen molar-refractivity contribution in [2.45, 2.75) is 0 Å². The van der Waals surface area contributed by atoms with Crippen LogP contribution in [0.15, 0.2) is 41.1 Å². The van der Waals surface area contributed by atoms with Gasteiger partial charge in [0, 0.05) is 23.6 Å². The molecule has 0 atom stereocenters. The largest absolute Gasteiger partial charge is 0.343 e. The maximum Gasteiger partial charge on any atom is 0.257 e. The number of anilines is 2. The van der Waals surface area contributed by atoms with Crippen LogP contribution in [0.1, 0.15) is 5.56 Å². The van der Waals surface area contributed by atoms with E-state index in [1.807, 2.05) is 24.3 Å². The van der Waals surface area contributed by atoms with Crippen LogP contribution in [0.5, 0.6) is 0 Å². The summed E-state index contributed by atoms with van der Waals surface area (Å²) < 4.78 is 0.811. The number of H-pyrrole nitrogens is 1. The first-order valence-corrected chi connectivity index (χ1v) is 6.12. The van der Waals surface area contributed by atoms with Crippen molar-refractivity contribution in [3.05, 3.63) is 46.7 Å². The van der Waals surface area contributed by atoms with Gasteiger partial charge in [-0.05, 0) is 22.0 Å². The fourth-order valence-electron chi connectivity index (χ4n) is 1.80. The minimum atomic E-state index is -0.115. The number of carbonyl (C=O) groups is 1. The summed E-state index contributed by atoms with van der Waals surface area (Å²) in [6.45, 7) is 0. The van der Waals surface area contributed by atoms with Crippen molar-refractivity contribution in [1.82, 2.24) is 10.2 Å². The van der Waals surface area contributed by atoms with E-state index in [2.05, 4.69) is 36.8 Å². The van der Waals surface area contributed by atoms with Gasteiger partial charge in [-0.15, -0.1) is 0 Å². The molecule has 1 aromatic heterocycles. The molecule has 1 aromatic carbocycles. The molecule has 0 saturated carbocycles. The number of nitrogens with one attached hydrogen (secondary N) is 3. The van der Waals surface area contributed by atoms with Gasteiger partial charge in [-0.3, -0.25) is 9.89 Å². The summed E-state index contributed by atoms with van der Waals surface area (Å²) in [5.41, 5.74) is 2.32. The number of carbonyl (C=O) groups excluding carboxylic acids is 1. The highest BCUT2D eigenvalue weighted by Crippen LogP contribution is 2.31. The second kappa shape index (κ2) is 4.30. The first-order chi connectivity index (χ1) is 8.75. The van der Waals surface area contributed by atoms with Crippen LogP contribution in [0.4, 0.5) is 11.5 Å². The van der Waals surface area contributed by atoms with E-state index in [1.54, 1.807) is 12.4 Å². The van der Waals surface area contributed by atoms with Crippen LogP contribution in [-0.2, 0) is 4.79 Å². The van der Waals surface area contributed by atoms with E-state index in [0.29, 0.717) is 11.4 Å². The molecule has 1 amide bonds. The molecular weight excluding hydrogens is 296 g/mol. The van der Waals surface area contributed by atoms with Crippen molar-refractivity contribution >= 4 is 38.9 Å². The number of aromatic amines is 1. The molecule has 0 fully saturated rings. The van der Waals surface area contributed by atoms with Gasteiger partial charge in [-0.25, -0.2) is 0 Å². The molecule has 0 saturated heterocycles. The summed E-state index contributed by atoms with van der Waals surface area (Å²) >= 11 is 3.34. The van der Waals surface area contributed by atoms with Crippen molar-refractivity contribution in [2.24, 2.45) is 0 Å². The van der Waals surface area contributed by atoms with Crippen LogP contribution in [0.25, 0.3) is 5.57 Å². The zero-order valence-corrected chi connectivity index (χ0v) is 10.8. The van der Waals surface area contributed by atoms with Gasteiger partial charge in [0.2, 0.25) is 0 Å². The van der Waals surface area contributed by atoms with Crippen LogP contribution >= 0.6 is 15.9 Å². The monoisotopic (exact) mass is 304 g/mol. The Labute approximate surface area is 111 Å². The third kappa shape index (κ3) is 1.80. The first kappa shape index (κ1) is 11.0. The molecule has 90 valence electrons. The molecule has 3 N–H and O–H groups in total. The van der Waals surface area contributed by atoms with Gasteiger partial charge < -0.3 is 10.6 Å². The van der Waals surface area contributed by atoms with Crippen molar-refractivity contribution in [1.29, 1.82) is 0 Å². The Hall–Kier alpha value is -2.08. The normalized spacial score (nSPS) is 15.6. The van der Waals surface area contributed by atoms with E-state index in [0.717, 1.165) is 15.7 Å². The first-order valence-electron chi connectivity index (χ1n) is 5.32. The summed E-state index contributed by atoms with van der Waals surface area (Å²) in [5, 5.41) is 12.5. The number of amides is 1. The molecular formula is C12H9BrN4O. The highest BCUT2D eigenvalue weighted by Gasteiger charge is 2.23. The molecule has 5 nitrogen and oxygen atoms in total. The topological polar surface area (TPSA) is 69.8 Å². The number of aromatic nitrogens is 2. The summed E-state index contributed by atoms with van der Waals surface area (Å²) in [6, 6.07) is 7.57. The molecule has 0 radical (unpaired) electrons. The standard InChI is InChI=1S/C12H9BrN4O/c13-9-6-15-17-11(9)14-5-8-7-3-1-2-4-10(7)16-12(8)18/h1-6H,(H,16,18)(H2,14,15,17). The van der Waals surface area contributed by atoms with Crippen LogP contribution in [-0.4, -0.2) is 16.1 Å². The minimum absolute atomic E-state index is 0.115. The van der Waals surface area contributed by atoms with Gasteiger partial charge in [0.1, 0.15) is 0 Å². The lowest BCUT2D eigenvalue weighted by Gasteiger charge is -1.99. The fourth-order valence-corrected chi connectivity index (χ4v) is 2.10. The van der Waals surface area contributed by atoms with Gasteiger partial charge in [-0.1, -0.05) is 18.2 Å². The lowest BCUT2D eigenvalue weighted by molar-refractivity contribution is -0.110. The number of hydrogen-bond acceptors (Lipinski definition) is 3. The number of halogens is 1. The van der Waals surface area contributed by atoms with E-state index >= 15 is 0 Å². The molecule has 0 spiro atoms. The van der Waals surface area contributed by atoms with Gasteiger partial charge in [0.25, 0.3) is 5.91 Å². The van der Waals surface area contributed by atoms with Crippen LogP contribution < -0.4 is 10.6 Å². The predicted octanol–water partition coefficient (Wildman–Crippen LogP) is 2.58. The zero-order chi connectivity index (χ0) is 12.5. The van der Waals surface area contributed by atoms with Crippen molar-refractivity contribution in [3.63, 3.8) is 0 Å². The summed E-state index contributed by atoms with van der Waals surface area (Å²) in [7, 11) is 0. The average molecular weight is 305 g/mol. The molecule has 0 bridgehead atoms. The molecule has 1 aliphatic rings. The number of rotatable bonds is 2. The van der Waals surface area contributed by atoms with Crippen molar-refractivity contribution in [3.8, 4) is 0 Å². The SMILES string of the molecule is O=C1Nc2ccccc2C1=CNc1n[nH]cc1Br. The number of nitrogens with zero attached hydrogens (tertiary/aromatic N) is 1. The number of hydrogen-bond donors (Lipinski definition) is 3. The zero-order valence-electron chi connectivity index (χ0n) is 9.20. The molecule has 2 heterocycles. The summed E-state index contributed by atoms with van der Waals surface area (Å²) in [5.74, 6) is 0.523. The van der Waals surface area contributed by atoms with E-state index in [9.17, 15) is 4.79 Å². The molecule has 6 heteroatoms. The Balaban J connectivity index is 1.93. The number of fused-ring (bicyclic) bond motifs is 1. The molecule has 1 aliphatic heterocycles. The quantitative estimate of drug-likeness (QED) is 0.747. The molecule has 18 heavy (non-hydrogen) atoms. The number of para-hydroxylation sites is 1. The predicted molar refractivity (Wildman–Crippen MR) is 73.0 cm³/mol. The van der Waals surface area contributed by atoms with Crippen molar-refractivity contribution in [2.75, 3.05) is 10.6 Å². The summed E-state index contributed by atoms with van der Waals surface area (Å²) in [6.07, 6.45) is 3.37. The number of benzene rings is 1. The maximum absolute atomic E-state index is 11.8. The average Bonchev–Trinajstić information content (AvgIpc) is 2.90. The fraction of sp³-hybridized carbons (Fsp3) is 0. The van der Waals surface area contributed by atoms with Gasteiger partial charge in [-0.2, -0.15) is 5.10 Å². The molecule has 0 aliphatic carbocycles. The Morgan fingerprint density at radius 3 is 2.94 bits per heavy atom. The minimum Gasteiger partial charge on any atom is -0.343 e. The van der Waals surface area contributed by atoms with Crippen LogP contribution in [0, 0.1) is 0 Å². The van der Waals surface area contributed by atoms with E-state index in [1.165, 1.54) is 0 Å². The second-order valence-electron chi connectivity index (χ2n) is 3.78. The van der Waals surface area contributed by atoms with Gasteiger partial charge in [0.05, 0.1) is 10.0 Å². The maximum atomic E-state index is 11.8. The Bertz CT molecular complexity index is 647. The highest BCUT2D eigenvalue weighted by molar-refractivity contribution is 9.10. The van der Waals surface area contributed by atoms with Crippen LogP contribution in [0.2, 0.25) is 0 Å². The van der Waals surface area contributed by atoms with E-state index in [-0.39, 0.29) is 5.91 Å². The third-order valence-electron chi connectivity index (χ3n) is 2.66. The smallest absolute Gasteiger partial charge is 0.257 e. The van der Waals surface area contributed by atoms with Gasteiger partial charge in [0.15, 0.2) is 5.82 Å². The third-order valence-corrected chi connectivity index (χ3v) is 3.26. The van der Waals surface area contributed by atoms with Gasteiger partial charge >= 0.3 is 0 Å². The highest BCUT2D eigenvalue weighted by atomic mass is 79.9. The molecule has 0 unspecified atom stereocenters. The Kier molecular flexibility index (Phi) is 2.64. The Morgan fingerprint density at radius 2 is 2.17 bits per heavy atom. The Morgan fingerprint density at radius 1 is 1.33 bits per heavy atom. The molecule has 2 aromatic rings. The van der Waals surface area contributed by atoms with E-state index < -0.39 is 0 Å². The van der Waals surface area contributed by atoms with E-state index in [4.69, 9.17) is 0 Å². The summed E-state index contributed by atoms with van der Waals surface area (Å²) in [4.78, 5) is 11.8. The lowest BCUT2D eigenvalue weighted by Crippen LogP contribution is -2.05. The van der Waals surface area contributed by atoms with Crippen molar-refractivity contribution < 1.29 is 4.79 Å². The second-order valence-corrected chi connectivity index (χ2v) is 4.64. The lowest BCUT2D eigenvalue weighted by atomic mass is 10.1. The molecule has 3 rings (SSSR count). The van der Waals surface area contributed by atoms with Crippen LogP contribution in [0.3, 0.4) is 0 Å².